The number of nitrogens with zero attached hydrogens (tertiary/aromatic N) is 1. The van der Waals surface area contributed by atoms with Crippen LogP contribution in [0, 0.1) is 5.41 Å². The molecule has 0 spiro atoms. The highest BCUT2D eigenvalue weighted by Gasteiger charge is 2.33. The van der Waals surface area contributed by atoms with Crippen molar-refractivity contribution in [2.24, 2.45) is 10.4 Å². The maximum absolute atomic E-state index is 11.1. The van der Waals surface area contributed by atoms with Crippen LogP contribution >= 0.6 is 0 Å². The van der Waals surface area contributed by atoms with Crippen molar-refractivity contribution in [3.05, 3.63) is 0 Å². The van der Waals surface area contributed by atoms with Gasteiger partial charge in [0.15, 0.2) is 5.96 Å². The van der Waals surface area contributed by atoms with Gasteiger partial charge in [-0.25, -0.2) is 0 Å². The predicted molar refractivity (Wildman–Crippen MR) is 106 cm³/mol. The fourth-order valence-corrected chi connectivity index (χ4v) is 3.51. The van der Waals surface area contributed by atoms with Crippen molar-refractivity contribution in [1.29, 1.82) is 0 Å². The number of guanidine groups is 1. The lowest BCUT2D eigenvalue weighted by molar-refractivity contribution is -0.140. The van der Waals surface area contributed by atoms with E-state index in [1.165, 1.54) is 32.8 Å². The van der Waals surface area contributed by atoms with E-state index in [1.807, 2.05) is 0 Å². The van der Waals surface area contributed by atoms with Gasteiger partial charge in [0.1, 0.15) is 0 Å². The summed E-state index contributed by atoms with van der Waals surface area (Å²) in [7, 11) is 1.44. The number of hydrogen-bond acceptors (Lipinski definition) is 4. The summed E-state index contributed by atoms with van der Waals surface area (Å²) in [5.41, 5.74) is 0.317. The van der Waals surface area contributed by atoms with Crippen LogP contribution in [-0.4, -0.2) is 51.9 Å². The van der Waals surface area contributed by atoms with Crippen LogP contribution in [0.25, 0.3) is 0 Å². The van der Waals surface area contributed by atoms with E-state index in [2.05, 4.69) is 29.2 Å². The van der Waals surface area contributed by atoms with Crippen LogP contribution in [-0.2, 0) is 14.3 Å². The molecule has 26 heavy (non-hydrogen) atoms. The molecule has 0 aliphatic heterocycles. The molecule has 152 valence electrons. The fraction of sp³-hybridized carbons (Fsp3) is 0.900. The van der Waals surface area contributed by atoms with Crippen molar-refractivity contribution < 1.29 is 14.3 Å². The van der Waals surface area contributed by atoms with Crippen molar-refractivity contribution in [1.82, 2.24) is 10.6 Å². The minimum atomic E-state index is -0.123. The van der Waals surface area contributed by atoms with E-state index in [1.54, 1.807) is 0 Å². The molecule has 0 bridgehead atoms. The molecule has 1 saturated carbocycles. The Balaban J connectivity index is 2.37. The number of carbonyl (C=O) groups is 1. The molecule has 0 amide bonds. The Labute approximate surface area is 159 Å². The number of rotatable bonds is 13. The normalized spacial score (nSPS) is 16.5. The van der Waals surface area contributed by atoms with E-state index in [9.17, 15) is 4.79 Å². The summed E-state index contributed by atoms with van der Waals surface area (Å²) in [5, 5.41) is 6.77. The van der Waals surface area contributed by atoms with Crippen molar-refractivity contribution in [2.75, 3.05) is 40.0 Å². The topological polar surface area (TPSA) is 72.0 Å². The van der Waals surface area contributed by atoms with Gasteiger partial charge >= 0.3 is 5.97 Å². The highest BCUT2D eigenvalue weighted by molar-refractivity contribution is 5.79. The molecule has 0 radical (unpaired) electrons. The van der Waals surface area contributed by atoms with Gasteiger partial charge in [-0.2, -0.15) is 0 Å². The second kappa shape index (κ2) is 13.8. The maximum atomic E-state index is 11.1. The van der Waals surface area contributed by atoms with Crippen LogP contribution in [0.2, 0.25) is 0 Å². The molecule has 1 fully saturated rings. The van der Waals surface area contributed by atoms with E-state index in [0.717, 1.165) is 64.5 Å². The van der Waals surface area contributed by atoms with Gasteiger partial charge in [0, 0.05) is 39.3 Å². The number of carbonyl (C=O) groups excluding carboxylic acids is 1. The average molecular weight is 370 g/mol. The van der Waals surface area contributed by atoms with Crippen molar-refractivity contribution >= 4 is 11.9 Å². The Morgan fingerprint density at radius 2 is 1.88 bits per heavy atom. The first-order chi connectivity index (χ1) is 12.7. The van der Waals surface area contributed by atoms with Crippen LogP contribution in [0.3, 0.4) is 0 Å². The lowest BCUT2D eigenvalue weighted by Gasteiger charge is -2.27. The van der Waals surface area contributed by atoms with Crippen LogP contribution in [0.4, 0.5) is 0 Å². The molecule has 0 atom stereocenters. The molecule has 0 heterocycles. The number of nitrogens with one attached hydrogen (secondary N) is 2. The molecule has 0 aromatic carbocycles. The number of methoxy groups -OCH3 is 1. The first-order valence-corrected chi connectivity index (χ1v) is 10.3. The standard InChI is InChI=1S/C20H39N3O3/c1-4-21-19(22-15-10-6-7-11-18(24)25-3)23-17-20(12-8-9-13-20)14-16-26-5-2/h4-17H2,1-3H3,(H2,21,22,23). The van der Waals surface area contributed by atoms with Crippen LogP contribution < -0.4 is 10.6 Å². The molecular weight excluding hydrogens is 330 g/mol. The van der Waals surface area contributed by atoms with Gasteiger partial charge in [-0.3, -0.25) is 9.79 Å². The number of esters is 1. The third-order valence-electron chi connectivity index (χ3n) is 5.14. The molecule has 0 unspecified atom stereocenters. The van der Waals surface area contributed by atoms with Crippen LogP contribution in [0.1, 0.15) is 71.6 Å². The van der Waals surface area contributed by atoms with E-state index in [0.29, 0.717) is 11.8 Å². The zero-order chi connectivity index (χ0) is 19.1. The molecule has 0 saturated heterocycles. The van der Waals surface area contributed by atoms with Gasteiger partial charge in [0.2, 0.25) is 0 Å². The molecule has 0 aromatic heterocycles. The lowest BCUT2D eigenvalue weighted by atomic mass is 9.83. The summed E-state index contributed by atoms with van der Waals surface area (Å²) in [4.78, 5) is 16.0. The average Bonchev–Trinajstić information content (AvgIpc) is 3.11. The van der Waals surface area contributed by atoms with Gasteiger partial charge < -0.3 is 20.1 Å². The second-order valence-electron chi connectivity index (χ2n) is 7.16. The minimum Gasteiger partial charge on any atom is -0.469 e. The molecule has 1 rings (SSSR count). The van der Waals surface area contributed by atoms with E-state index < -0.39 is 0 Å². The fourth-order valence-electron chi connectivity index (χ4n) is 3.51. The Bertz CT molecular complexity index is 407. The molecule has 1 aliphatic carbocycles. The van der Waals surface area contributed by atoms with Gasteiger partial charge in [-0.15, -0.1) is 0 Å². The summed E-state index contributed by atoms with van der Waals surface area (Å²) in [5.74, 6) is 0.782. The van der Waals surface area contributed by atoms with E-state index >= 15 is 0 Å². The lowest BCUT2D eigenvalue weighted by Crippen LogP contribution is -2.39. The third kappa shape index (κ3) is 9.41. The second-order valence-corrected chi connectivity index (χ2v) is 7.16. The zero-order valence-corrected chi connectivity index (χ0v) is 17.1. The Hall–Kier alpha value is -1.30. The molecule has 6 heteroatoms. The number of aliphatic imine (C=N–C) groups is 1. The summed E-state index contributed by atoms with van der Waals surface area (Å²) < 4.78 is 10.2. The molecule has 0 aromatic rings. The zero-order valence-electron chi connectivity index (χ0n) is 17.1. The first kappa shape index (κ1) is 22.7. The van der Waals surface area contributed by atoms with Gasteiger partial charge in [-0.05, 0) is 51.4 Å². The highest BCUT2D eigenvalue weighted by atomic mass is 16.5. The Morgan fingerprint density at radius 1 is 1.12 bits per heavy atom. The first-order valence-electron chi connectivity index (χ1n) is 10.3. The van der Waals surface area contributed by atoms with Crippen LogP contribution in [0.5, 0.6) is 0 Å². The minimum absolute atomic E-state index is 0.123. The van der Waals surface area contributed by atoms with Crippen molar-refractivity contribution in [2.45, 2.75) is 71.6 Å². The number of ether oxygens (including phenoxy) is 2. The number of unbranched alkanes of at least 4 members (excludes halogenated alkanes) is 2. The van der Waals surface area contributed by atoms with Gasteiger partial charge in [-0.1, -0.05) is 19.3 Å². The summed E-state index contributed by atoms with van der Waals surface area (Å²) in [6.07, 6.45) is 9.67. The van der Waals surface area contributed by atoms with Gasteiger partial charge in [0.05, 0.1) is 7.11 Å². The largest absolute Gasteiger partial charge is 0.469 e. The molecular formula is C20H39N3O3. The summed E-state index contributed by atoms with van der Waals surface area (Å²) >= 11 is 0. The molecule has 1 aliphatic rings. The number of hydrogen-bond donors (Lipinski definition) is 2. The molecule has 2 N–H and O–H groups in total. The monoisotopic (exact) mass is 369 g/mol. The molecule has 6 nitrogen and oxygen atoms in total. The van der Waals surface area contributed by atoms with Crippen molar-refractivity contribution in [3.63, 3.8) is 0 Å². The van der Waals surface area contributed by atoms with E-state index in [-0.39, 0.29) is 5.97 Å². The smallest absolute Gasteiger partial charge is 0.305 e. The predicted octanol–water partition coefficient (Wildman–Crippen LogP) is 3.26. The Kier molecular flexibility index (Phi) is 12.1. The highest BCUT2D eigenvalue weighted by Crippen LogP contribution is 2.41. The third-order valence-corrected chi connectivity index (χ3v) is 5.14. The maximum Gasteiger partial charge on any atom is 0.305 e. The summed E-state index contributed by atoms with van der Waals surface area (Å²) in [6, 6.07) is 0. The van der Waals surface area contributed by atoms with Gasteiger partial charge in [0.25, 0.3) is 0 Å². The van der Waals surface area contributed by atoms with E-state index in [4.69, 9.17) is 9.73 Å². The SMILES string of the molecule is CCNC(=NCC1(CCOCC)CCCC1)NCCCCCC(=O)OC. The van der Waals surface area contributed by atoms with Crippen molar-refractivity contribution in [3.8, 4) is 0 Å². The quantitative estimate of drug-likeness (QED) is 0.226. The Morgan fingerprint density at radius 3 is 2.54 bits per heavy atom. The summed E-state index contributed by atoms with van der Waals surface area (Å²) in [6.45, 7) is 8.39. The van der Waals surface area contributed by atoms with Crippen LogP contribution in [0.15, 0.2) is 4.99 Å².